The lowest BCUT2D eigenvalue weighted by Gasteiger charge is -2.10. The molecule has 18 heavy (non-hydrogen) atoms. The Morgan fingerprint density at radius 1 is 1.33 bits per heavy atom. The van der Waals surface area contributed by atoms with Crippen molar-refractivity contribution < 1.29 is 0 Å². The standard InChI is InChI=1S/C13H17BrN4/c1-3-6-18-12(8-15)16-17-13(18)11-5-4-10(14)7-9(11)2/h4-5,7H,3,6,8,15H2,1-2H3. The molecule has 0 aliphatic rings. The first-order valence-corrected chi connectivity index (χ1v) is 6.85. The van der Waals surface area contributed by atoms with Crippen molar-refractivity contribution in [3.8, 4) is 11.4 Å². The summed E-state index contributed by atoms with van der Waals surface area (Å²) < 4.78 is 3.18. The molecule has 1 aromatic heterocycles. The molecule has 1 heterocycles. The molecule has 96 valence electrons. The van der Waals surface area contributed by atoms with Crippen molar-refractivity contribution in [1.29, 1.82) is 0 Å². The van der Waals surface area contributed by atoms with Gasteiger partial charge >= 0.3 is 0 Å². The lowest BCUT2D eigenvalue weighted by atomic mass is 10.1. The Morgan fingerprint density at radius 2 is 2.11 bits per heavy atom. The largest absolute Gasteiger partial charge is 0.324 e. The van der Waals surface area contributed by atoms with Gasteiger partial charge in [-0.25, -0.2) is 0 Å². The van der Waals surface area contributed by atoms with Gasteiger partial charge in [-0.3, -0.25) is 0 Å². The molecule has 0 fully saturated rings. The van der Waals surface area contributed by atoms with Crippen molar-refractivity contribution in [3.05, 3.63) is 34.1 Å². The third kappa shape index (κ3) is 2.47. The van der Waals surface area contributed by atoms with E-state index in [1.54, 1.807) is 0 Å². The molecule has 0 atom stereocenters. The molecule has 1 aromatic carbocycles. The molecule has 2 N–H and O–H groups in total. The second kappa shape index (κ2) is 5.63. The van der Waals surface area contributed by atoms with Gasteiger partial charge in [0.25, 0.3) is 0 Å². The van der Waals surface area contributed by atoms with Gasteiger partial charge in [0.1, 0.15) is 5.82 Å². The van der Waals surface area contributed by atoms with Crippen LogP contribution in [0.3, 0.4) is 0 Å². The summed E-state index contributed by atoms with van der Waals surface area (Å²) in [6, 6.07) is 6.17. The molecule has 2 aromatic rings. The molecule has 4 nitrogen and oxygen atoms in total. The molecule has 0 saturated heterocycles. The molecule has 0 aliphatic heterocycles. The zero-order valence-electron chi connectivity index (χ0n) is 10.7. The molecule has 0 amide bonds. The third-order valence-electron chi connectivity index (χ3n) is 2.89. The number of aromatic nitrogens is 3. The van der Waals surface area contributed by atoms with Crippen LogP contribution in [0.15, 0.2) is 22.7 Å². The number of rotatable bonds is 4. The summed E-state index contributed by atoms with van der Waals surface area (Å²) in [5.74, 6) is 1.75. The number of halogens is 1. The Balaban J connectivity index is 2.52. The minimum atomic E-state index is 0.419. The van der Waals surface area contributed by atoms with E-state index < -0.39 is 0 Å². The topological polar surface area (TPSA) is 56.7 Å². The van der Waals surface area contributed by atoms with E-state index in [0.717, 1.165) is 34.7 Å². The average molecular weight is 309 g/mol. The van der Waals surface area contributed by atoms with Gasteiger partial charge in [-0.2, -0.15) is 0 Å². The Bertz CT molecular complexity index is 548. The van der Waals surface area contributed by atoms with Gasteiger partial charge in [-0.1, -0.05) is 22.9 Å². The Hall–Kier alpha value is -1.20. The number of nitrogens with zero attached hydrogens (tertiary/aromatic N) is 3. The molecule has 0 unspecified atom stereocenters. The van der Waals surface area contributed by atoms with E-state index in [1.165, 1.54) is 5.56 Å². The van der Waals surface area contributed by atoms with Crippen LogP contribution < -0.4 is 5.73 Å². The summed E-state index contributed by atoms with van der Waals surface area (Å²) in [5.41, 5.74) is 7.99. The number of benzene rings is 1. The molecule has 0 bridgehead atoms. The second-order valence-electron chi connectivity index (χ2n) is 4.25. The van der Waals surface area contributed by atoms with Crippen LogP contribution in [-0.2, 0) is 13.1 Å². The lowest BCUT2D eigenvalue weighted by molar-refractivity contribution is 0.643. The highest BCUT2D eigenvalue weighted by Gasteiger charge is 2.13. The summed E-state index contributed by atoms with van der Waals surface area (Å²) >= 11 is 3.47. The minimum Gasteiger partial charge on any atom is -0.324 e. The van der Waals surface area contributed by atoms with Gasteiger partial charge in [-0.05, 0) is 37.1 Å². The van der Waals surface area contributed by atoms with Gasteiger partial charge in [0.2, 0.25) is 0 Å². The fourth-order valence-electron chi connectivity index (χ4n) is 2.02. The van der Waals surface area contributed by atoms with Crippen LogP contribution in [0, 0.1) is 6.92 Å². The van der Waals surface area contributed by atoms with Crippen LogP contribution in [0.25, 0.3) is 11.4 Å². The molecule has 0 aliphatic carbocycles. The van der Waals surface area contributed by atoms with Gasteiger partial charge < -0.3 is 10.3 Å². The van der Waals surface area contributed by atoms with E-state index in [4.69, 9.17) is 5.73 Å². The maximum absolute atomic E-state index is 5.70. The second-order valence-corrected chi connectivity index (χ2v) is 5.17. The van der Waals surface area contributed by atoms with E-state index in [-0.39, 0.29) is 0 Å². The summed E-state index contributed by atoms with van der Waals surface area (Å²) in [5, 5.41) is 8.45. The van der Waals surface area contributed by atoms with E-state index in [9.17, 15) is 0 Å². The zero-order valence-corrected chi connectivity index (χ0v) is 12.2. The summed E-state index contributed by atoms with van der Waals surface area (Å²) in [4.78, 5) is 0. The van der Waals surface area contributed by atoms with E-state index >= 15 is 0 Å². The predicted octanol–water partition coefficient (Wildman–Crippen LogP) is 2.88. The van der Waals surface area contributed by atoms with Gasteiger partial charge in [0.05, 0.1) is 6.54 Å². The molecule has 0 saturated carbocycles. The van der Waals surface area contributed by atoms with E-state index in [0.29, 0.717) is 6.54 Å². The van der Waals surface area contributed by atoms with Gasteiger partial charge in [0.15, 0.2) is 5.82 Å². The normalized spacial score (nSPS) is 10.9. The van der Waals surface area contributed by atoms with Crippen molar-refractivity contribution >= 4 is 15.9 Å². The lowest BCUT2D eigenvalue weighted by Crippen LogP contribution is -2.09. The number of hydrogen-bond acceptors (Lipinski definition) is 3. The number of hydrogen-bond donors (Lipinski definition) is 1. The van der Waals surface area contributed by atoms with Crippen LogP contribution >= 0.6 is 15.9 Å². The van der Waals surface area contributed by atoms with Crippen LogP contribution in [0.5, 0.6) is 0 Å². The highest BCUT2D eigenvalue weighted by molar-refractivity contribution is 9.10. The zero-order chi connectivity index (χ0) is 13.1. The van der Waals surface area contributed by atoms with Gasteiger partial charge in [-0.15, -0.1) is 10.2 Å². The van der Waals surface area contributed by atoms with Gasteiger partial charge in [0, 0.05) is 16.6 Å². The first-order chi connectivity index (χ1) is 8.67. The van der Waals surface area contributed by atoms with E-state index in [1.807, 2.05) is 6.07 Å². The fourth-order valence-corrected chi connectivity index (χ4v) is 2.50. The SMILES string of the molecule is CCCn1c(CN)nnc1-c1ccc(Br)cc1C. The fraction of sp³-hybridized carbons (Fsp3) is 0.385. The number of nitrogens with two attached hydrogens (primary N) is 1. The Labute approximate surface area is 115 Å². The summed E-state index contributed by atoms with van der Waals surface area (Å²) in [6.07, 6.45) is 1.04. The first kappa shape index (κ1) is 13.2. The van der Waals surface area contributed by atoms with Crippen molar-refractivity contribution in [1.82, 2.24) is 14.8 Å². The summed E-state index contributed by atoms with van der Waals surface area (Å²) in [6.45, 7) is 5.53. The summed E-state index contributed by atoms with van der Waals surface area (Å²) in [7, 11) is 0. The van der Waals surface area contributed by atoms with Crippen molar-refractivity contribution in [2.24, 2.45) is 5.73 Å². The van der Waals surface area contributed by atoms with E-state index in [2.05, 4.69) is 56.7 Å². The predicted molar refractivity (Wildman–Crippen MR) is 76.1 cm³/mol. The quantitative estimate of drug-likeness (QED) is 0.945. The highest BCUT2D eigenvalue weighted by atomic mass is 79.9. The average Bonchev–Trinajstić information content (AvgIpc) is 2.73. The maximum Gasteiger partial charge on any atom is 0.164 e. The van der Waals surface area contributed by atoms with Crippen molar-refractivity contribution in [2.45, 2.75) is 33.4 Å². The van der Waals surface area contributed by atoms with Crippen LogP contribution in [0.1, 0.15) is 24.7 Å². The molecule has 2 rings (SSSR count). The van der Waals surface area contributed by atoms with Crippen molar-refractivity contribution in [2.75, 3.05) is 0 Å². The first-order valence-electron chi connectivity index (χ1n) is 6.06. The van der Waals surface area contributed by atoms with Crippen LogP contribution in [-0.4, -0.2) is 14.8 Å². The molecule has 0 spiro atoms. The minimum absolute atomic E-state index is 0.419. The maximum atomic E-state index is 5.70. The molecular weight excluding hydrogens is 292 g/mol. The third-order valence-corrected chi connectivity index (χ3v) is 3.38. The Morgan fingerprint density at radius 3 is 2.72 bits per heavy atom. The monoisotopic (exact) mass is 308 g/mol. The van der Waals surface area contributed by atoms with Crippen LogP contribution in [0.2, 0.25) is 0 Å². The highest BCUT2D eigenvalue weighted by Crippen LogP contribution is 2.25. The number of aryl methyl sites for hydroxylation is 1. The molecule has 5 heteroatoms. The van der Waals surface area contributed by atoms with Crippen LogP contribution in [0.4, 0.5) is 0 Å². The van der Waals surface area contributed by atoms with Crippen molar-refractivity contribution in [3.63, 3.8) is 0 Å². The smallest absolute Gasteiger partial charge is 0.164 e. The molecular formula is C13H17BrN4. The Kier molecular flexibility index (Phi) is 4.14. The molecule has 0 radical (unpaired) electrons.